The van der Waals surface area contributed by atoms with Crippen LogP contribution in [0.5, 0.6) is 0 Å². The lowest BCUT2D eigenvalue weighted by Crippen LogP contribution is -2.41. The molecule has 0 saturated carbocycles. The third-order valence-electron chi connectivity index (χ3n) is 2.15. The maximum Gasteiger partial charge on any atom is 0.321 e. The lowest BCUT2D eigenvalue weighted by molar-refractivity contribution is -0.139. The second-order valence-electron chi connectivity index (χ2n) is 3.48. The van der Waals surface area contributed by atoms with Gasteiger partial charge in [0.1, 0.15) is 10.9 Å². The fraction of sp³-hybridized carbons (Fsp3) is 0.400. The van der Waals surface area contributed by atoms with Crippen LogP contribution in [0.3, 0.4) is 0 Å². The van der Waals surface area contributed by atoms with E-state index in [1.807, 2.05) is 6.26 Å². The van der Waals surface area contributed by atoms with Gasteiger partial charge >= 0.3 is 5.97 Å². The van der Waals surface area contributed by atoms with Crippen molar-refractivity contribution in [3.63, 3.8) is 0 Å². The standard InChI is InChI=1S/C10H14N2O4S2/c1-17-6-4-9(10(13)14)12-18(15,16)8-3-2-5-11-7-8/h2-3,5,7,9,12H,4,6H2,1H3,(H,13,14). The highest BCUT2D eigenvalue weighted by Crippen LogP contribution is 2.09. The van der Waals surface area contributed by atoms with Crippen LogP contribution in [0.25, 0.3) is 0 Å². The number of pyridine rings is 1. The Bertz CT molecular complexity index is 490. The number of carbonyl (C=O) groups is 1. The smallest absolute Gasteiger partial charge is 0.321 e. The molecule has 1 atom stereocenters. The Kier molecular flexibility index (Phi) is 5.57. The number of carboxylic acid groups (broad SMARTS) is 1. The first-order chi connectivity index (χ1) is 8.47. The van der Waals surface area contributed by atoms with Crippen LogP contribution in [0.2, 0.25) is 0 Å². The summed E-state index contributed by atoms with van der Waals surface area (Å²) in [5.41, 5.74) is 0. The van der Waals surface area contributed by atoms with Gasteiger partial charge in [0.15, 0.2) is 0 Å². The zero-order valence-electron chi connectivity index (χ0n) is 9.74. The number of thioether (sulfide) groups is 1. The van der Waals surface area contributed by atoms with Crippen LogP contribution < -0.4 is 4.72 Å². The molecule has 1 unspecified atom stereocenters. The molecule has 0 saturated heterocycles. The summed E-state index contributed by atoms with van der Waals surface area (Å²) in [7, 11) is -3.84. The average Bonchev–Trinajstić information content (AvgIpc) is 2.35. The van der Waals surface area contributed by atoms with Crippen molar-refractivity contribution >= 4 is 27.8 Å². The van der Waals surface area contributed by atoms with Gasteiger partial charge in [0.2, 0.25) is 10.0 Å². The minimum absolute atomic E-state index is 0.0413. The van der Waals surface area contributed by atoms with Crippen molar-refractivity contribution in [2.75, 3.05) is 12.0 Å². The van der Waals surface area contributed by atoms with Crippen LogP contribution in [-0.4, -0.2) is 42.5 Å². The Labute approximate surface area is 110 Å². The summed E-state index contributed by atoms with van der Waals surface area (Å²) in [5, 5.41) is 8.96. The predicted octanol–water partition coefficient (Wildman–Crippen LogP) is 0.566. The lowest BCUT2D eigenvalue weighted by atomic mass is 10.2. The predicted molar refractivity (Wildman–Crippen MR) is 69.0 cm³/mol. The number of aliphatic carboxylic acids is 1. The average molecular weight is 290 g/mol. The molecule has 0 spiro atoms. The van der Waals surface area contributed by atoms with Gasteiger partial charge in [-0.05, 0) is 30.6 Å². The summed E-state index contributed by atoms with van der Waals surface area (Å²) in [6.07, 6.45) is 4.68. The van der Waals surface area contributed by atoms with Gasteiger partial charge in [0, 0.05) is 12.4 Å². The summed E-state index contributed by atoms with van der Waals surface area (Å²) in [4.78, 5) is 14.6. The second-order valence-corrected chi connectivity index (χ2v) is 6.18. The van der Waals surface area contributed by atoms with Crippen LogP contribution >= 0.6 is 11.8 Å². The maximum absolute atomic E-state index is 11.9. The molecular formula is C10H14N2O4S2. The molecule has 0 bridgehead atoms. The molecule has 8 heteroatoms. The van der Waals surface area contributed by atoms with E-state index < -0.39 is 22.0 Å². The number of hydrogen-bond donors (Lipinski definition) is 2. The van der Waals surface area contributed by atoms with Crippen LogP contribution in [0.15, 0.2) is 29.4 Å². The molecule has 0 aliphatic heterocycles. The van der Waals surface area contributed by atoms with Crippen LogP contribution in [-0.2, 0) is 14.8 Å². The van der Waals surface area contributed by atoms with Gasteiger partial charge in [0.25, 0.3) is 0 Å². The third kappa shape index (κ3) is 4.28. The van der Waals surface area contributed by atoms with Crippen molar-refractivity contribution < 1.29 is 18.3 Å². The number of rotatable bonds is 7. The van der Waals surface area contributed by atoms with E-state index in [2.05, 4.69) is 9.71 Å². The SMILES string of the molecule is CSCCC(NS(=O)(=O)c1cccnc1)C(=O)O. The Balaban J connectivity index is 2.83. The first-order valence-corrected chi connectivity index (χ1v) is 7.99. The molecule has 100 valence electrons. The Morgan fingerprint density at radius 1 is 1.61 bits per heavy atom. The fourth-order valence-electron chi connectivity index (χ4n) is 1.23. The van der Waals surface area contributed by atoms with E-state index in [1.165, 1.54) is 36.3 Å². The highest BCUT2D eigenvalue weighted by Gasteiger charge is 2.24. The Hall–Kier alpha value is -1.12. The van der Waals surface area contributed by atoms with Crippen molar-refractivity contribution in [2.45, 2.75) is 17.4 Å². The van der Waals surface area contributed by atoms with Gasteiger partial charge in [0.05, 0.1) is 0 Å². The van der Waals surface area contributed by atoms with E-state index >= 15 is 0 Å². The summed E-state index contributed by atoms with van der Waals surface area (Å²) in [6, 6.07) is 1.72. The summed E-state index contributed by atoms with van der Waals surface area (Å²) < 4.78 is 25.9. The van der Waals surface area contributed by atoms with Crippen LogP contribution in [0.4, 0.5) is 0 Å². The molecule has 0 aliphatic carbocycles. The minimum Gasteiger partial charge on any atom is -0.480 e. The van der Waals surface area contributed by atoms with Crippen LogP contribution in [0, 0.1) is 0 Å². The van der Waals surface area contributed by atoms with Gasteiger partial charge in [-0.2, -0.15) is 16.5 Å². The summed E-state index contributed by atoms with van der Waals surface area (Å²) >= 11 is 1.46. The summed E-state index contributed by atoms with van der Waals surface area (Å²) in [6.45, 7) is 0. The van der Waals surface area contributed by atoms with Gasteiger partial charge in [-0.15, -0.1) is 0 Å². The number of carboxylic acids is 1. The fourth-order valence-corrected chi connectivity index (χ4v) is 2.89. The van der Waals surface area contributed by atoms with Crippen molar-refractivity contribution in [2.24, 2.45) is 0 Å². The molecule has 18 heavy (non-hydrogen) atoms. The van der Waals surface area contributed by atoms with E-state index in [4.69, 9.17) is 5.11 Å². The molecule has 1 heterocycles. The molecule has 0 amide bonds. The molecule has 0 fully saturated rings. The molecule has 1 aromatic heterocycles. The van der Waals surface area contributed by atoms with Gasteiger partial charge in [-0.25, -0.2) is 8.42 Å². The molecule has 0 aromatic carbocycles. The van der Waals surface area contributed by atoms with Crippen molar-refractivity contribution in [3.8, 4) is 0 Å². The molecule has 0 aliphatic rings. The number of nitrogens with one attached hydrogen (secondary N) is 1. The van der Waals surface area contributed by atoms with Crippen molar-refractivity contribution in [1.82, 2.24) is 9.71 Å². The monoisotopic (exact) mass is 290 g/mol. The van der Waals surface area contributed by atoms with E-state index in [9.17, 15) is 13.2 Å². The molecule has 1 rings (SSSR count). The topological polar surface area (TPSA) is 96.4 Å². The van der Waals surface area contributed by atoms with E-state index in [0.29, 0.717) is 5.75 Å². The number of sulfonamides is 1. The quantitative estimate of drug-likeness (QED) is 0.762. The molecule has 1 aromatic rings. The first kappa shape index (κ1) is 14.9. The van der Waals surface area contributed by atoms with Crippen molar-refractivity contribution in [1.29, 1.82) is 0 Å². The number of hydrogen-bond acceptors (Lipinski definition) is 5. The molecule has 6 nitrogen and oxygen atoms in total. The lowest BCUT2D eigenvalue weighted by Gasteiger charge is -2.13. The molecule has 2 N–H and O–H groups in total. The van der Waals surface area contributed by atoms with E-state index in [1.54, 1.807) is 0 Å². The van der Waals surface area contributed by atoms with Crippen molar-refractivity contribution in [3.05, 3.63) is 24.5 Å². The van der Waals surface area contributed by atoms with E-state index in [0.717, 1.165) is 0 Å². The van der Waals surface area contributed by atoms with Gasteiger partial charge < -0.3 is 5.11 Å². The molecule has 0 radical (unpaired) electrons. The highest BCUT2D eigenvalue weighted by atomic mass is 32.2. The largest absolute Gasteiger partial charge is 0.480 e. The summed E-state index contributed by atoms with van der Waals surface area (Å²) in [5.74, 6) is -0.622. The van der Waals surface area contributed by atoms with E-state index in [-0.39, 0.29) is 11.3 Å². The highest BCUT2D eigenvalue weighted by molar-refractivity contribution is 7.98. The van der Waals surface area contributed by atoms with Crippen LogP contribution in [0.1, 0.15) is 6.42 Å². The first-order valence-electron chi connectivity index (χ1n) is 5.11. The number of aromatic nitrogens is 1. The van der Waals surface area contributed by atoms with Gasteiger partial charge in [-0.3, -0.25) is 9.78 Å². The minimum atomic E-state index is -3.84. The second kappa shape index (κ2) is 6.72. The number of nitrogens with zero attached hydrogens (tertiary/aromatic N) is 1. The Morgan fingerprint density at radius 2 is 2.33 bits per heavy atom. The molecular weight excluding hydrogens is 276 g/mol. The Morgan fingerprint density at radius 3 is 2.83 bits per heavy atom. The maximum atomic E-state index is 11.9. The third-order valence-corrected chi connectivity index (χ3v) is 4.25. The zero-order chi connectivity index (χ0) is 13.6. The normalized spacial score (nSPS) is 13.2. The zero-order valence-corrected chi connectivity index (χ0v) is 11.4. The van der Waals surface area contributed by atoms with Gasteiger partial charge in [-0.1, -0.05) is 0 Å².